The molecule has 3 heterocycles. The van der Waals surface area contributed by atoms with Crippen molar-refractivity contribution < 1.29 is 13.2 Å². The standard InChI is InChI=1S/C19H20N4O3S/c1-14(24)23-11-8-15-12-17(5-6-18(15)23)27(25,26)20-9-7-16-13-22-10-3-2-4-19(22)21-16/h2-6,10,12-13,20H,7-9,11H2,1H3. The van der Waals surface area contributed by atoms with Crippen LogP contribution in [0, 0.1) is 0 Å². The van der Waals surface area contributed by atoms with Crippen molar-refractivity contribution in [3.05, 3.63) is 60.0 Å². The third-order valence-electron chi connectivity index (χ3n) is 4.72. The molecule has 140 valence electrons. The Bertz CT molecular complexity index is 1090. The molecule has 0 atom stereocenters. The number of rotatable bonds is 5. The van der Waals surface area contributed by atoms with Crippen LogP contribution >= 0.6 is 0 Å². The number of hydrogen-bond donors (Lipinski definition) is 1. The fraction of sp³-hybridized carbons (Fsp3) is 0.263. The molecule has 0 bridgehead atoms. The summed E-state index contributed by atoms with van der Waals surface area (Å²) < 4.78 is 29.7. The maximum Gasteiger partial charge on any atom is 0.240 e. The molecule has 7 nitrogen and oxygen atoms in total. The molecule has 0 spiro atoms. The molecule has 27 heavy (non-hydrogen) atoms. The van der Waals surface area contributed by atoms with Crippen molar-refractivity contribution in [1.82, 2.24) is 14.1 Å². The third-order valence-corrected chi connectivity index (χ3v) is 6.18. The lowest BCUT2D eigenvalue weighted by molar-refractivity contribution is -0.116. The molecule has 1 aliphatic rings. The first-order chi connectivity index (χ1) is 12.9. The molecule has 4 rings (SSSR count). The van der Waals surface area contributed by atoms with Crippen LogP contribution in [0.5, 0.6) is 0 Å². The van der Waals surface area contributed by atoms with Gasteiger partial charge in [0, 0.05) is 44.5 Å². The largest absolute Gasteiger partial charge is 0.312 e. The average Bonchev–Trinajstić information content (AvgIpc) is 3.24. The van der Waals surface area contributed by atoms with Gasteiger partial charge < -0.3 is 9.30 Å². The van der Waals surface area contributed by atoms with E-state index in [0.29, 0.717) is 19.4 Å². The van der Waals surface area contributed by atoms with Crippen molar-refractivity contribution in [1.29, 1.82) is 0 Å². The van der Waals surface area contributed by atoms with Crippen molar-refractivity contribution in [3.8, 4) is 0 Å². The van der Waals surface area contributed by atoms with E-state index < -0.39 is 10.0 Å². The van der Waals surface area contributed by atoms with E-state index in [2.05, 4.69) is 9.71 Å². The highest BCUT2D eigenvalue weighted by Gasteiger charge is 2.24. The lowest BCUT2D eigenvalue weighted by Crippen LogP contribution is -2.26. The van der Waals surface area contributed by atoms with Crippen molar-refractivity contribution in [2.45, 2.75) is 24.7 Å². The van der Waals surface area contributed by atoms with E-state index in [1.54, 1.807) is 23.1 Å². The van der Waals surface area contributed by atoms with Crippen molar-refractivity contribution in [2.75, 3.05) is 18.0 Å². The summed E-state index contributed by atoms with van der Waals surface area (Å²) in [6, 6.07) is 10.7. The quantitative estimate of drug-likeness (QED) is 0.727. The van der Waals surface area contributed by atoms with E-state index in [9.17, 15) is 13.2 Å². The first-order valence-corrected chi connectivity index (χ1v) is 10.3. The number of aromatic nitrogens is 2. The number of carbonyl (C=O) groups excluding carboxylic acids is 1. The topological polar surface area (TPSA) is 83.8 Å². The van der Waals surface area contributed by atoms with Gasteiger partial charge in [-0.2, -0.15) is 0 Å². The molecule has 0 unspecified atom stereocenters. The van der Waals surface area contributed by atoms with Crippen LogP contribution in [-0.4, -0.2) is 36.8 Å². The Hall–Kier alpha value is -2.71. The maximum atomic E-state index is 12.6. The monoisotopic (exact) mass is 384 g/mol. The minimum absolute atomic E-state index is 0.0325. The molecule has 1 N–H and O–H groups in total. The summed E-state index contributed by atoms with van der Waals surface area (Å²) >= 11 is 0. The van der Waals surface area contributed by atoms with Crippen molar-refractivity contribution in [2.24, 2.45) is 0 Å². The highest BCUT2D eigenvalue weighted by molar-refractivity contribution is 7.89. The van der Waals surface area contributed by atoms with Crippen LogP contribution < -0.4 is 9.62 Å². The lowest BCUT2D eigenvalue weighted by atomic mass is 10.2. The number of nitrogens with one attached hydrogen (secondary N) is 1. The minimum atomic E-state index is -3.61. The van der Waals surface area contributed by atoms with Gasteiger partial charge in [0.2, 0.25) is 15.9 Å². The van der Waals surface area contributed by atoms with Crippen LogP contribution in [0.1, 0.15) is 18.2 Å². The summed E-state index contributed by atoms with van der Waals surface area (Å²) in [7, 11) is -3.61. The Morgan fingerprint density at radius 3 is 2.89 bits per heavy atom. The van der Waals surface area contributed by atoms with Gasteiger partial charge in [0.1, 0.15) is 5.65 Å². The molecule has 0 fully saturated rings. The van der Waals surface area contributed by atoms with Crippen LogP contribution in [-0.2, 0) is 27.7 Å². The van der Waals surface area contributed by atoms with Crippen LogP contribution in [0.2, 0.25) is 0 Å². The Labute approximate surface area is 157 Å². The highest BCUT2D eigenvalue weighted by atomic mass is 32.2. The molecular weight excluding hydrogens is 364 g/mol. The molecule has 2 aromatic heterocycles. The zero-order valence-electron chi connectivity index (χ0n) is 14.9. The lowest BCUT2D eigenvalue weighted by Gasteiger charge is -2.15. The van der Waals surface area contributed by atoms with Crippen LogP contribution in [0.3, 0.4) is 0 Å². The smallest absolute Gasteiger partial charge is 0.240 e. The Kier molecular flexibility index (Phi) is 4.45. The maximum absolute atomic E-state index is 12.6. The van der Waals surface area contributed by atoms with Gasteiger partial charge in [-0.3, -0.25) is 4.79 Å². The number of carbonyl (C=O) groups is 1. The van der Waals surface area contributed by atoms with Gasteiger partial charge in [-0.05, 0) is 42.3 Å². The summed E-state index contributed by atoms with van der Waals surface area (Å²) in [5, 5.41) is 0. The van der Waals surface area contributed by atoms with Gasteiger partial charge in [-0.25, -0.2) is 18.1 Å². The summed E-state index contributed by atoms with van der Waals surface area (Å²) in [5.41, 5.74) is 3.35. The summed E-state index contributed by atoms with van der Waals surface area (Å²) in [6.45, 7) is 2.37. The van der Waals surface area contributed by atoms with E-state index in [4.69, 9.17) is 0 Å². The van der Waals surface area contributed by atoms with Crippen molar-refractivity contribution >= 4 is 27.3 Å². The summed E-state index contributed by atoms with van der Waals surface area (Å²) in [4.78, 5) is 18.0. The average molecular weight is 384 g/mol. The van der Waals surface area contributed by atoms with Gasteiger partial charge in [0.25, 0.3) is 0 Å². The van der Waals surface area contributed by atoms with Gasteiger partial charge >= 0.3 is 0 Å². The van der Waals surface area contributed by atoms with E-state index >= 15 is 0 Å². The van der Waals surface area contributed by atoms with E-state index in [1.165, 1.54) is 6.92 Å². The summed E-state index contributed by atoms with van der Waals surface area (Å²) in [5.74, 6) is -0.0325. The SMILES string of the molecule is CC(=O)N1CCc2cc(S(=O)(=O)NCCc3cn4ccccc4n3)ccc21. The second kappa shape index (κ2) is 6.79. The molecule has 8 heteroatoms. The van der Waals surface area contributed by atoms with E-state index in [0.717, 1.165) is 22.6 Å². The molecule has 0 saturated carbocycles. The zero-order chi connectivity index (χ0) is 19.0. The van der Waals surface area contributed by atoms with Crippen LogP contribution in [0.15, 0.2) is 53.7 Å². The zero-order valence-corrected chi connectivity index (χ0v) is 15.7. The van der Waals surface area contributed by atoms with Gasteiger partial charge in [-0.15, -0.1) is 0 Å². The number of amides is 1. The fourth-order valence-corrected chi connectivity index (χ4v) is 4.46. The minimum Gasteiger partial charge on any atom is -0.312 e. The molecule has 1 aliphatic heterocycles. The summed E-state index contributed by atoms with van der Waals surface area (Å²) in [6.07, 6.45) is 4.98. The predicted octanol–water partition coefficient (Wildman–Crippen LogP) is 1.76. The second-order valence-electron chi connectivity index (χ2n) is 6.56. The number of sulfonamides is 1. The third kappa shape index (κ3) is 3.45. The van der Waals surface area contributed by atoms with Crippen LogP contribution in [0.4, 0.5) is 5.69 Å². The molecule has 3 aromatic rings. The first kappa shape index (κ1) is 17.7. The number of benzene rings is 1. The molecule has 0 aliphatic carbocycles. The number of fused-ring (bicyclic) bond motifs is 2. The second-order valence-corrected chi connectivity index (χ2v) is 8.32. The number of pyridine rings is 1. The first-order valence-electron chi connectivity index (χ1n) is 8.77. The Balaban J connectivity index is 1.45. The molecule has 1 aromatic carbocycles. The Morgan fingerprint density at radius 2 is 2.11 bits per heavy atom. The molecule has 1 amide bonds. The highest BCUT2D eigenvalue weighted by Crippen LogP contribution is 2.30. The number of nitrogens with zero attached hydrogens (tertiary/aromatic N) is 3. The normalized spacial score (nSPS) is 13.9. The molecular formula is C19H20N4O3S. The van der Waals surface area contributed by atoms with E-state index in [-0.39, 0.29) is 17.3 Å². The number of imidazole rings is 1. The van der Waals surface area contributed by atoms with Gasteiger partial charge in [0.05, 0.1) is 10.6 Å². The predicted molar refractivity (Wildman–Crippen MR) is 102 cm³/mol. The van der Waals surface area contributed by atoms with Crippen LogP contribution in [0.25, 0.3) is 5.65 Å². The number of anilines is 1. The van der Waals surface area contributed by atoms with Gasteiger partial charge in [-0.1, -0.05) is 6.07 Å². The van der Waals surface area contributed by atoms with E-state index in [1.807, 2.05) is 35.0 Å². The fourth-order valence-electron chi connectivity index (χ4n) is 3.38. The molecule has 0 radical (unpaired) electrons. The number of hydrogen-bond acceptors (Lipinski definition) is 4. The Morgan fingerprint density at radius 1 is 1.26 bits per heavy atom. The molecule has 0 saturated heterocycles. The van der Waals surface area contributed by atoms with Gasteiger partial charge in [0.15, 0.2) is 0 Å². The van der Waals surface area contributed by atoms with Crippen molar-refractivity contribution in [3.63, 3.8) is 0 Å².